The number of nitriles is 1. The highest BCUT2D eigenvalue weighted by Crippen LogP contribution is 2.26. The van der Waals surface area contributed by atoms with Crippen LogP contribution in [0.25, 0.3) is 11.3 Å². The molecule has 0 saturated carbocycles. The average Bonchev–Trinajstić information content (AvgIpc) is 2.85. The summed E-state index contributed by atoms with van der Waals surface area (Å²) >= 11 is 0. The van der Waals surface area contributed by atoms with Gasteiger partial charge >= 0.3 is 0 Å². The zero-order chi connectivity index (χ0) is 14.7. The lowest BCUT2D eigenvalue weighted by molar-refractivity contribution is 0.699. The van der Waals surface area contributed by atoms with E-state index in [-0.39, 0.29) is 0 Å². The predicted molar refractivity (Wildman–Crippen MR) is 82.3 cm³/mol. The maximum Gasteiger partial charge on any atom is 0.140 e. The topological polar surface area (TPSA) is 67.6 Å². The van der Waals surface area contributed by atoms with Crippen LogP contribution in [0, 0.1) is 11.3 Å². The van der Waals surface area contributed by atoms with Gasteiger partial charge in [-0.05, 0) is 5.56 Å². The minimum Gasteiger partial charge on any atom is -0.383 e. The van der Waals surface area contributed by atoms with Crippen molar-refractivity contribution in [2.24, 2.45) is 0 Å². The number of nitrogens with two attached hydrogens (primary N) is 1. The highest BCUT2D eigenvalue weighted by atomic mass is 15.3. The predicted octanol–water partition coefficient (Wildman–Crippen LogP) is 3.05. The Balaban J connectivity index is 2.04. The molecule has 21 heavy (non-hydrogen) atoms. The average molecular weight is 274 g/mol. The molecule has 0 unspecified atom stereocenters. The first kappa shape index (κ1) is 12.9. The minimum absolute atomic E-state index is 0.403. The van der Waals surface area contributed by atoms with Crippen LogP contribution in [0.3, 0.4) is 0 Å². The maximum atomic E-state index is 9.36. The number of rotatable bonds is 3. The summed E-state index contributed by atoms with van der Waals surface area (Å²) in [6.45, 7) is 0.550. The minimum atomic E-state index is 0.403. The summed E-state index contributed by atoms with van der Waals surface area (Å²) in [4.78, 5) is 0. The van der Waals surface area contributed by atoms with Crippen molar-refractivity contribution >= 4 is 5.82 Å². The van der Waals surface area contributed by atoms with Crippen molar-refractivity contribution < 1.29 is 0 Å². The van der Waals surface area contributed by atoms with Crippen molar-refractivity contribution in [1.82, 2.24) is 9.78 Å². The number of hydrogen-bond donors (Lipinski definition) is 1. The van der Waals surface area contributed by atoms with E-state index >= 15 is 0 Å². The Bertz CT molecular complexity index is 783. The Hall–Kier alpha value is -3.06. The van der Waals surface area contributed by atoms with E-state index in [1.807, 2.05) is 60.7 Å². The molecular weight excluding hydrogens is 260 g/mol. The SMILES string of the molecule is N#Cc1c(-c2ccccc2)nn(Cc2ccccc2)c1N. The lowest BCUT2D eigenvalue weighted by atomic mass is 10.1. The smallest absolute Gasteiger partial charge is 0.140 e. The third kappa shape index (κ3) is 2.49. The largest absolute Gasteiger partial charge is 0.383 e. The molecule has 0 aliphatic rings. The van der Waals surface area contributed by atoms with Gasteiger partial charge in [0, 0.05) is 5.56 Å². The zero-order valence-corrected chi connectivity index (χ0v) is 11.4. The van der Waals surface area contributed by atoms with E-state index in [2.05, 4.69) is 11.2 Å². The zero-order valence-electron chi connectivity index (χ0n) is 11.4. The normalized spacial score (nSPS) is 10.2. The molecule has 4 heteroatoms. The molecule has 0 amide bonds. The van der Waals surface area contributed by atoms with E-state index in [9.17, 15) is 5.26 Å². The monoisotopic (exact) mass is 274 g/mol. The molecule has 3 aromatic rings. The summed E-state index contributed by atoms with van der Waals surface area (Å²) in [5, 5.41) is 13.9. The van der Waals surface area contributed by atoms with Crippen LogP contribution >= 0.6 is 0 Å². The molecule has 0 radical (unpaired) electrons. The summed E-state index contributed by atoms with van der Waals surface area (Å²) in [6.07, 6.45) is 0. The molecule has 0 bridgehead atoms. The summed E-state index contributed by atoms with van der Waals surface area (Å²) in [5.41, 5.74) is 9.13. The molecule has 2 N–H and O–H groups in total. The van der Waals surface area contributed by atoms with Crippen molar-refractivity contribution in [3.05, 3.63) is 71.8 Å². The van der Waals surface area contributed by atoms with Crippen LogP contribution in [0.1, 0.15) is 11.1 Å². The molecule has 4 nitrogen and oxygen atoms in total. The van der Waals surface area contributed by atoms with E-state index in [1.54, 1.807) is 4.68 Å². The van der Waals surface area contributed by atoms with Crippen LogP contribution in [0.4, 0.5) is 5.82 Å². The highest BCUT2D eigenvalue weighted by molar-refractivity contribution is 5.72. The Morgan fingerprint density at radius 2 is 1.62 bits per heavy atom. The summed E-state index contributed by atoms with van der Waals surface area (Å²) in [6, 6.07) is 21.7. The summed E-state index contributed by atoms with van der Waals surface area (Å²) < 4.78 is 1.68. The van der Waals surface area contributed by atoms with Crippen molar-refractivity contribution in [2.45, 2.75) is 6.54 Å². The van der Waals surface area contributed by atoms with Gasteiger partial charge in [0.2, 0.25) is 0 Å². The first-order chi connectivity index (χ1) is 10.3. The van der Waals surface area contributed by atoms with E-state index in [4.69, 9.17) is 5.73 Å². The van der Waals surface area contributed by atoms with Gasteiger partial charge in [0.15, 0.2) is 0 Å². The van der Waals surface area contributed by atoms with Gasteiger partial charge in [0.25, 0.3) is 0 Å². The van der Waals surface area contributed by atoms with Gasteiger partial charge in [-0.2, -0.15) is 10.4 Å². The third-order valence-electron chi connectivity index (χ3n) is 3.33. The van der Waals surface area contributed by atoms with Crippen LogP contribution in [-0.4, -0.2) is 9.78 Å². The van der Waals surface area contributed by atoms with Crippen molar-refractivity contribution in [1.29, 1.82) is 5.26 Å². The Morgan fingerprint density at radius 3 is 2.24 bits per heavy atom. The molecule has 0 atom stereocenters. The lowest BCUT2D eigenvalue weighted by Crippen LogP contribution is -2.06. The molecule has 0 aliphatic carbocycles. The molecular formula is C17H14N4. The first-order valence-corrected chi connectivity index (χ1v) is 6.65. The third-order valence-corrected chi connectivity index (χ3v) is 3.33. The van der Waals surface area contributed by atoms with Gasteiger partial charge < -0.3 is 5.73 Å². The second kappa shape index (κ2) is 5.51. The Labute approximate surface area is 123 Å². The van der Waals surface area contributed by atoms with Gasteiger partial charge in [0.1, 0.15) is 23.1 Å². The molecule has 1 aromatic heterocycles. The Kier molecular flexibility index (Phi) is 3.40. The molecule has 0 spiro atoms. The van der Waals surface area contributed by atoms with Crippen LogP contribution < -0.4 is 5.73 Å². The fourth-order valence-electron chi connectivity index (χ4n) is 2.26. The second-order valence-corrected chi connectivity index (χ2v) is 4.73. The van der Waals surface area contributed by atoms with Crippen molar-refractivity contribution in [3.8, 4) is 17.3 Å². The van der Waals surface area contributed by atoms with Crippen LogP contribution in [0.5, 0.6) is 0 Å². The first-order valence-electron chi connectivity index (χ1n) is 6.65. The number of aromatic nitrogens is 2. The lowest BCUT2D eigenvalue weighted by Gasteiger charge is -2.03. The molecule has 1 heterocycles. The van der Waals surface area contributed by atoms with Crippen molar-refractivity contribution in [3.63, 3.8) is 0 Å². The number of nitrogen functional groups attached to an aromatic ring is 1. The summed E-state index contributed by atoms with van der Waals surface area (Å²) in [5.74, 6) is 0.403. The van der Waals surface area contributed by atoms with E-state index in [0.29, 0.717) is 23.6 Å². The van der Waals surface area contributed by atoms with E-state index in [0.717, 1.165) is 11.1 Å². The quantitative estimate of drug-likeness (QED) is 0.798. The van der Waals surface area contributed by atoms with Crippen LogP contribution in [0.2, 0.25) is 0 Å². The van der Waals surface area contributed by atoms with E-state index < -0.39 is 0 Å². The molecule has 2 aromatic carbocycles. The maximum absolute atomic E-state index is 9.36. The number of nitrogens with zero attached hydrogens (tertiary/aromatic N) is 3. The van der Waals surface area contributed by atoms with Gasteiger partial charge in [0.05, 0.1) is 6.54 Å². The number of hydrogen-bond acceptors (Lipinski definition) is 3. The molecule has 0 saturated heterocycles. The Morgan fingerprint density at radius 1 is 1.00 bits per heavy atom. The molecule has 3 rings (SSSR count). The highest BCUT2D eigenvalue weighted by Gasteiger charge is 2.16. The van der Waals surface area contributed by atoms with Gasteiger partial charge in [-0.15, -0.1) is 0 Å². The van der Waals surface area contributed by atoms with Crippen LogP contribution in [0.15, 0.2) is 60.7 Å². The van der Waals surface area contributed by atoms with Gasteiger partial charge in [-0.1, -0.05) is 60.7 Å². The van der Waals surface area contributed by atoms with Gasteiger partial charge in [-0.3, -0.25) is 0 Å². The van der Waals surface area contributed by atoms with Crippen molar-refractivity contribution in [2.75, 3.05) is 5.73 Å². The summed E-state index contributed by atoms with van der Waals surface area (Å²) in [7, 11) is 0. The van der Waals surface area contributed by atoms with E-state index in [1.165, 1.54) is 0 Å². The number of anilines is 1. The molecule has 0 fully saturated rings. The van der Waals surface area contributed by atoms with Crippen LogP contribution in [-0.2, 0) is 6.54 Å². The fraction of sp³-hybridized carbons (Fsp3) is 0.0588. The molecule has 0 aliphatic heterocycles. The fourth-order valence-corrected chi connectivity index (χ4v) is 2.26. The number of benzene rings is 2. The van der Waals surface area contributed by atoms with Gasteiger partial charge in [-0.25, -0.2) is 4.68 Å². The second-order valence-electron chi connectivity index (χ2n) is 4.73. The standard InChI is InChI=1S/C17H14N4/c18-11-15-16(14-9-5-2-6-10-14)20-21(17(15)19)12-13-7-3-1-4-8-13/h1-10H,12,19H2. The molecule has 102 valence electrons.